The summed E-state index contributed by atoms with van der Waals surface area (Å²) in [6.45, 7) is 11.6. The maximum Gasteiger partial charge on any atom is 0.161 e. The van der Waals surface area contributed by atoms with Crippen LogP contribution in [-0.4, -0.2) is 11.6 Å². The Balaban J connectivity index is 2.62. The van der Waals surface area contributed by atoms with Crippen molar-refractivity contribution in [1.82, 2.24) is 0 Å². The van der Waals surface area contributed by atoms with Gasteiger partial charge in [0.25, 0.3) is 0 Å². The van der Waals surface area contributed by atoms with Crippen molar-refractivity contribution >= 4 is 17.6 Å². The van der Waals surface area contributed by atoms with Crippen LogP contribution in [0.2, 0.25) is 0 Å². The molecule has 0 aliphatic rings. The number of ketones is 2. The third kappa shape index (κ3) is 5.97. The van der Waals surface area contributed by atoms with Crippen molar-refractivity contribution in [3.63, 3.8) is 0 Å². The van der Waals surface area contributed by atoms with E-state index >= 15 is 0 Å². The van der Waals surface area contributed by atoms with Crippen molar-refractivity contribution in [1.29, 1.82) is 0 Å². The molecule has 1 aromatic carbocycles. The average molecular weight is 300 g/mol. The van der Waals surface area contributed by atoms with Gasteiger partial charge in [-0.25, -0.2) is 0 Å². The topological polar surface area (TPSA) is 34.1 Å². The van der Waals surface area contributed by atoms with Crippen LogP contribution in [0.15, 0.2) is 30.3 Å². The Labute approximate surface area is 134 Å². The molecule has 0 atom stereocenters. The molecule has 2 heteroatoms. The van der Waals surface area contributed by atoms with Crippen LogP contribution in [0.5, 0.6) is 0 Å². The van der Waals surface area contributed by atoms with Gasteiger partial charge in [0.15, 0.2) is 5.78 Å². The standard InChI is InChI=1S/C20H28O2/c1-19(2,3)17(21)13-11-15-7-9-16(10-8-15)12-14-18(22)20(4,5)6/h7-11,13H,12,14H2,1-6H3/b13-11+. The summed E-state index contributed by atoms with van der Waals surface area (Å²) in [6, 6.07) is 8.03. The lowest BCUT2D eigenvalue weighted by atomic mass is 9.87. The fourth-order valence-electron chi connectivity index (χ4n) is 1.85. The number of carbonyl (C=O) groups is 2. The minimum Gasteiger partial charge on any atom is -0.299 e. The highest BCUT2D eigenvalue weighted by molar-refractivity contribution is 5.97. The monoisotopic (exact) mass is 300 g/mol. The van der Waals surface area contributed by atoms with Crippen LogP contribution in [-0.2, 0) is 16.0 Å². The van der Waals surface area contributed by atoms with E-state index in [0.717, 1.165) is 17.5 Å². The first-order valence-corrected chi connectivity index (χ1v) is 7.85. The molecule has 0 aliphatic heterocycles. The highest BCUT2D eigenvalue weighted by Crippen LogP contribution is 2.19. The van der Waals surface area contributed by atoms with Gasteiger partial charge in [-0.3, -0.25) is 9.59 Å². The molecule has 0 spiro atoms. The maximum absolute atomic E-state index is 11.9. The molecule has 1 aromatic rings. The van der Waals surface area contributed by atoms with Gasteiger partial charge in [0.2, 0.25) is 0 Å². The highest BCUT2D eigenvalue weighted by atomic mass is 16.1. The fourth-order valence-corrected chi connectivity index (χ4v) is 1.85. The summed E-state index contributed by atoms with van der Waals surface area (Å²) >= 11 is 0. The molecular formula is C20H28O2. The first-order chi connectivity index (χ1) is 10.00. The van der Waals surface area contributed by atoms with E-state index in [1.54, 1.807) is 6.08 Å². The molecule has 22 heavy (non-hydrogen) atoms. The van der Waals surface area contributed by atoms with Crippen LogP contribution >= 0.6 is 0 Å². The van der Waals surface area contributed by atoms with Crippen molar-refractivity contribution in [2.45, 2.75) is 54.4 Å². The largest absolute Gasteiger partial charge is 0.299 e. The summed E-state index contributed by atoms with van der Waals surface area (Å²) in [4.78, 5) is 23.8. The van der Waals surface area contributed by atoms with Crippen LogP contribution in [0.25, 0.3) is 6.08 Å². The predicted octanol–water partition coefficient (Wildman–Crippen LogP) is 4.86. The first kappa shape index (κ1) is 18.3. The van der Waals surface area contributed by atoms with Gasteiger partial charge in [-0.2, -0.15) is 0 Å². The lowest BCUT2D eigenvalue weighted by molar-refractivity contribution is -0.126. The van der Waals surface area contributed by atoms with E-state index in [4.69, 9.17) is 0 Å². The van der Waals surface area contributed by atoms with Crippen molar-refractivity contribution in [2.24, 2.45) is 10.8 Å². The Bertz CT molecular complexity index is 549. The van der Waals surface area contributed by atoms with Crippen molar-refractivity contribution in [2.75, 3.05) is 0 Å². The van der Waals surface area contributed by atoms with E-state index < -0.39 is 0 Å². The summed E-state index contributed by atoms with van der Waals surface area (Å²) < 4.78 is 0. The lowest BCUT2D eigenvalue weighted by Crippen LogP contribution is -2.20. The number of hydrogen-bond donors (Lipinski definition) is 0. The van der Waals surface area contributed by atoms with E-state index in [1.165, 1.54) is 0 Å². The van der Waals surface area contributed by atoms with Crippen LogP contribution in [0.3, 0.4) is 0 Å². The lowest BCUT2D eigenvalue weighted by Gasteiger charge is -2.16. The van der Waals surface area contributed by atoms with Crippen LogP contribution < -0.4 is 0 Å². The van der Waals surface area contributed by atoms with Gasteiger partial charge in [-0.05, 0) is 23.6 Å². The second-order valence-electron chi connectivity index (χ2n) is 7.86. The Morgan fingerprint density at radius 1 is 0.909 bits per heavy atom. The summed E-state index contributed by atoms with van der Waals surface area (Å²) in [6.07, 6.45) is 4.82. The molecule has 0 saturated carbocycles. The summed E-state index contributed by atoms with van der Waals surface area (Å²) in [5.74, 6) is 0.402. The fraction of sp³-hybridized carbons (Fsp3) is 0.500. The van der Waals surface area contributed by atoms with Gasteiger partial charge < -0.3 is 0 Å². The molecule has 0 aliphatic carbocycles. The van der Waals surface area contributed by atoms with Crippen molar-refractivity contribution in [3.05, 3.63) is 41.5 Å². The Hall–Kier alpha value is -1.70. The van der Waals surface area contributed by atoms with E-state index in [2.05, 4.69) is 0 Å². The SMILES string of the molecule is CC(C)(C)C(=O)/C=C/c1ccc(CCC(=O)C(C)(C)C)cc1. The third-order valence-electron chi connectivity index (χ3n) is 3.62. The Morgan fingerprint density at radius 3 is 1.91 bits per heavy atom. The van der Waals surface area contributed by atoms with Gasteiger partial charge in [0.1, 0.15) is 5.78 Å². The quantitative estimate of drug-likeness (QED) is 0.727. The number of aryl methyl sites for hydroxylation is 1. The van der Waals surface area contributed by atoms with Crippen LogP contribution in [0.4, 0.5) is 0 Å². The van der Waals surface area contributed by atoms with Crippen LogP contribution in [0.1, 0.15) is 59.1 Å². The Kier molecular flexibility index (Phi) is 5.87. The highest BCUT2D eigenvalue weighted by Gasteiger charge is 2.20. The molecule has 0 aromatic heterocycles. The molecule has 0 amide bonds. The molecule has 0 N–H and O–H groups in total. The molecule has 0 radical (unpaired) electrons. The molecule has 0 fully saturated rings. The second kappa shape index (κ2) is 7.04. The number of benzene rings is 1. The van der Waals surface area contributed by atoms with Gasteiger partial charge >= 0.3 is 0 Å². The smallest absolute Gasteiger partial charge is 0.161 e. The number of carbonyl (C=O) groups excluding carboxylic acids is 2. The Morgan fingerprint density at radius 2 is 1.45 bits per heavy atom. The zero-order valence-electron chi connectivity index (χ0n) is 14.7. The minimum absolute atomic E-state index is 0.118. The van der Waals surface area contributed by atoms with Crippen molar-refractivity contribution in [3.8, 4) is 0 Å². The zero-order chi connectivity index (χ0) is 17.0. The van der Waals surface area contributed by atoms with E-state index in [-0.39, 0.29) is 22.4 Å². The number of Topliss-reactive ketones (excluding diaryl/α,β-unsaturated/α-hetero) is 1. The number of hydrogen-bond acceptors (Lipinski definition) is 2. The van der Waals surface area contributed by atoms with Gasteiger partial charge in [-0.1, -0.05) is 71.9 Å². The molecular weight excluding hydrogens is 272 g/mol. The average Bonchev–Trinajstić information content (AvgIpc) is 2.41. The van der Waals surface area contributed by atoms with Gasteiger partial charge in [0, 0.05) is 17.3 Å². The first-order valence-electron chi connectivity index (χ1n) is 7.85. The number of rotatable bonds is 5. The van der Waals surface area contributed by atoms with E-state index in [0.29, 0.717) is 6.42 Å². The predicted molar refractivity (Wildman–Crippen MR) is 92.7 cm³/mol. The molecule has 0 saturated heterocycles. The molecule has 0 unspecified atom stereocenters. The number of allylic oxidation sites excluding steroid dienone is 1. The summed E-state index contributed by atoms with van der Waals surface area (Å²) in [5.41, 5.74) is 1.54. The van der Waals surface area contributed by atoms with Crippen molar-refractivity contribution < 1.29 is 9.59 Å². The molecule has 0 bridgehead atoms. The van der Waals surface area contributed by atoms with Crippen LogP contribution in [0, 0.1) is 10.8 Å². The van der Waals surface area contributed by atoms with E-state index in [9.17, 15) is 9.59 Å². The molecule has 0 heterocycles. The normalized spacial score (nSPS) is 12.6. The second-order valence-corrected chi connectivity index (χ2v) is 7.86. The maximum atomic E-state index is 11.9. The molecule has 120 valence electrons. The summed E-state index contributed by atoms with van der Waals surface area (Å²) in [7, 11) is 0. The molecule has 2 nitrogen and oxygen atoms in total. The van der Waals surface area contributed by atoms with E-state index in [1.807, 2.05) is 71.9 Å². The molecule has 1 rings (SSSR count). The minimum atomic E-state index is -0.343. The summed E-state index contributed by atoms with van der Waals surface area (Å²) in [5, 5.41) is 0. The zero-order valence-corrected chi connectivity index (χ0v) is 14.7. The van der Waals surface area contributed by atoms with Gasteiger partial charge in [0.05, 0.1) is 0 Å². The third-order valence-corrected chi connectivity index (χ3v) is 3.62. The van der Waals surface area contributed by atoms with Gasteiger partial charge in [-0.15, -0.1) is 0 Å².